The molecule has 0 saturated heterocycles. The summed E-state index contributed by atoms with van der Waals surface area (Å²) in [7, 11) is 1.69. The maximum absolute atomic E-state index is 12.4. The van der Waals surface area contributed by atoms with Crippen LogP contribution in [-0.2, 0) is 11.2 Å². The minimum Gasteiger partial charge on any atom is -0.496 e. The summed E-state index contributed by atoms with van der Waals surface area (Å²) in [5.41, 5.74) is 4.28. The molecule has 2 rings (SSSR count). The lowest BCUT2D eigenvalue weighted by molar-refractivity contribution is -0.121. The van der Waals surface area contributed by atoms with Gasteiger partial charge in [0.25, 0.3) is 0 Å². The number of methoxy groups -OCH3 is 1. The molecule has 0 aliphatic rings. The molecule has 0 heterocycles. The van der Waals surface area contributed by atoms with Crippen LogP contribution in [0.5, 0.6) is 5.75 Å². The Hall–Kier alpha value is -1.71. The van der Waals surface area contributed by atoms with Crippen LogP contribution in [0.1, 0.15) is 61.4 Å². The van der Waals surface area contributed by atoms with Crippen molar-refractivity contribution < 1.29 is 9.53 Å². The Bertz CT molecular complexity index is 818. The van der Waals surface area contributed by atoms with Gasteiger partial charge >= 0.3 is 0 Å². The molecule has 5 heteroatoms. The van der Waals surface area contributed by atoms with E-state index < -0.39 is 0 Å². The Morgan fingerprint density at radius 3 is 2.41 bits per heavy atom. The Kier molecular flexibility index (Phi) is 7.58. The minimum atomic E-state index is -0.0819. The average molecular weight is 408 g/mol. The van der Waals surface area contributed by atoms with Crippen LogP contribution in [0.2, 0.25) is 10.0 Å². The Labute approximate surface area is 172 Å². The molecular weight excluding hydrogens is 381 g/mol. The fraction of sp³-hybridized carbons (Fsp3) is 0.409. The van der Waals surface area contributed by atoms with Crippen molar-refractivity contribution in [3.05, 3.63) is 62.6 Å². The molecule has 0 spiro atoms. The average Bonchev–Trinajstić information content (AvgIpc) is 2.60. The number of carbonyl (C=O) groups excluding carboxylic acids is 1. The predicted octanol–water partition coefficient (Wildman–Crippen LogP) is 6.24. The van der Waals surface area contributed by atoms with E-state index in [4.69, 9.17) is 27.9 Å². The highest BCUT2D eigenvalue weighted by Crippen LogP contribution is 2.32. The van der Waals surface area contributed by atoms with Gasteiger partial charge in [0.1, 0.15) is 5.75 Å². The zero-order valence-corrected chi connectivity index (χ0v) is 18.0. The van der Waals surface area contributed by atoms with Crippen molar-refractivity contribution in [1.82, 2.24) is 5.32 Å². The van der Waals surface area contributed by atoms with Gasteiger partial charge in [0, 0.05) is 16.5 Å². The second-order valence-corrected chi connectivity index (χ2v) is 7.97. The van der Waals surface area contributed by atoms with Crippen molar-refractivity contribution in [1.29, 1.82) is 0 Å². The number of benzene rings is 2. The first-order chi connectivity index (χ1) is 12.7. The first kappa shape index (κ1) is 21.6. The van der Waals surface area contributed by atoms with Crippen LogP contribution in [0.15, 0.2) is 30.3 Å². The summed E-state index contributed by atoms with van der Waals surface area (Å²) in [6, 6.07) is 9.45. The lowest BCUT2D eigenvalue weighted by Gasteiger charge is -2.21. The van der Waals surface area contributed by atoms with Gasteiger partial charge in [-0.05, 0) is 72.7 Å². The lowest BCUT2D eigenvalue weighted by atomic mass is 9.93. The van der Waals surface area contributed by atoms with Gasteiger partial charge in [0.15, 0.2) is 0 Å². The molecule has 2 aromatic carbocycles. The SMILES string of the molecule is COc1cc(C)c([C@H](C)NC(=O)CCc2ccc(Cl)cc2Cl)cc1C(C)C. The molecule has 0 bridgehead atoms. The monoisotopic (exact) mass is 407 g/mol. The van der Waals surface area contributed by atoms with Gasteiger partial charge in [-0.3, -0.25) is 4.79 Å². The van der Waals surface area contributed by atoms with Crippen LogP contribution < -0.4 is 10.1 Å². The van der Waals surface area contributed by atoms with Crippen LogP contribution >= 0.6 is 23.2 Å². The predicted molar refractivity (Wildman–Crippen MR) is 113 cm³/mol. The molecule has 0 aromatic heterocycles. The first-order valence-electron chi connectivity index (χ1n) is 9.14. The fourth-order valence-electron chi connectivity index (χ4n) is 3.17. The standard InChI is InChI=1S/C22H27Cl2NO2/c1-13(2)18-12-19(14(3)10-21(18)27-5)15(4)25-22(26)9-7-16-6-8-17(23)11-20(16)24/h6,8,10-13,15H,7,9H2,1-5H3,(H,25,26)/t15-/m0/s1. The van der Waals surface area contributed by atoms with E-state index in [9.17, 15) is 4.79 Å². The van der Waals surface area contributed by atoms with Crippen LogP contribution in [0.3, 0.4) is 0 Å². The second kappa shape index (κ2) is 9.48. The van der Waals surface area contributed by atoms with E-state index in [0.717, 1.165) is 28.0 Å². The van der Waals surface area contributed by atoms with Gasteiger partial charge < -0.3 is 10.1 Å². The summed E-state index contributed by atoms with van der Waals surface area (Å²) in [6.45, 7) is 8.32. The Morgan fingerprint density at radius 2 is 1.81 bits per heavy atom. The molecule has 146 valence electrons. The number of halogens is 2. The maximum atomic E-state index is 12.4. The highest BCUT2D eigenvalue weighted by Gasteiger charge is 2.17. The van der Waals surface area contributed by atoms with E-state index in [1.165, 1.54) is 0 Å². The van der Waals surface area contributed by atoms with Crippen molar-refractivity contribution in [2.75, 3.05) is 7.11 Å². The van der Waals surface area contributed by atoms with Crippen LogP contribution in [0.25, 0.3) is 0 Å². The summed E-state index contributed by atoms with van der Waals surface area (Å²) in [5, 5.41) is 4.28. The quantitative estimate of drug-likeness (QED) is 0.589. The van der Waals surface area contributed by atoms with E-state index >= 15 is 0 Å². The minimum absolute atomic E-state index is 0.00479. The summed E-state index contributed by atoms with van der Waals surface area (Å²) in [4.78, 5) is 12.4. The van der Waals surface area contributed by atoms with Gasteiger partial charge in [0.2, 0.25) is 5.91 Å². The van der Waals surface area contributed by atoms with E-state index in [2.05, 4.69) is 25.2 Å². The van der Waals surface area contributed by atoms with Crippen molar-refractivity contribution in [2.24, 2.45) is 0 Å². The van der Waals surface area contributed by atoms with Crippen molar-refractivity contribution in [3.8, 4) is 5.75 Å². The molecule has 0 saturated carbocycles. The highest BCUT2D eigenvalue weighted by molar-refractivity contribution is 6.35. The van der Waals surface area contributed by atoms with Crippen molar-refractivity contribution in [2.45, 2.75) is 52.5 Å². The smallest absolute Gasteiger partial charge is 0.220 e. The third-order valence-electron chi connectivity index (χ3n) is 4.72. The molecule has 27 heavy (non-hydrogen) atoms. The molecule has 3 nitrogen and oxygen atoms in total. The molecule has 2 aromatic rings. The van der Waals surface area contributed by atoms with Gasteiger partial charge in [-0.1, -0.05) is 43.1 Å². The second-order valence-electron chi connectivity index (χ2n) is 7.13. The van der Waals surface area contributed by atoms with Gasteiger partial charge in [-0.25, -0.2) is 0 Å². The van der Waals surface area contributed by atoms with Crippen molar-refractivity contribution in [3.63, 3.8) is 0 Å². The van der Waals surface area contributed by atoms with Crippen LogP contribution in [0.4, 0.5) is 0 Å². The number of rotatable bonds is 7. The third kappa shape index (κ3) is 5.63. The number of hydrogen-bond donors (Lipinski definition) is 1. The highest BCUT2D eigenvalue weighted by atomic mass is 35.5. The topological polar surface area (TPSA) is 38.3 Å². The summed E-state index contributed by atoms with van der Waals surface area (Å²) >= 11 is 12.1. The summed E-state index contributed by atoms with van der Waals surface area (Å²) in [5.74, 6) is 1.23. The Balaban J connectivity index is 2.06. The van der Waals surface area contributed by atoms with Crippen LogP contribution in [0, 0.1) is 6.92 Å². The fourth-order valence-corrected chi connectivity index (χ4v) is 3.68. The zero-order valence-electron chi connectivity index (χ0n) is 16.5. The molecule has 0 unspecified atom stereocenters. The summed E-state index contributed by atoms with van der Waals surface area (Å²) < 4.78 is 5.50. The first-order valence-corrected chi connectivity index (χ1v) is 9.90. The normalized spacial score (nSPS) is 12.1. The lowest BCUT2D eigenvalue weighted by Crippen LogP contribution is -2.27. The number of amides is 1. The number of aryl methyl sites for hydroxylation is 2. The van der Waals surface area contributed by atoms with Crippen molar-refractivity contribution >= 4 is 29.1 Å². The van der Waals surface area contributed by atoms with E-state index in [0.29, 0.717) is 28.8 Å². The molecule has 0 radical (unpaired) electrons. The summed E-state index contributed by atoms with van der Waals surface area (Å²) in [6.07, 6.45) is 0.950. The molecular formula is C22H27Cl2NO2. The molecule has 0 aliphatic heterocycles. The molecule has 1 atom stereocenters. The van der Waals surface area contributed by atoms with E-state index in [-0.39, 0.29) is 11.9 Å². The third-order valence-corrected chi connectivity index (χ3v) is 5.31. The number of hydrogen-bond acceptors (Lipinski definition) is 2. The largest absolute Gasteiger partial charge is 0.496 e. The van der Waals surface area contributed by atoms with E-state index in [1.54, 1.807) is 19.2 Å². The molecule has 0 aliphatic carbocycles. The number of ether oxygens (including phenoxy) is 1. The van der Waals surface area contributed by atoms with Gasteiger partial charge in [-0.2, -0.15) is 0 Å². The molecule has 1 amide bonds. The maximum Gasteiger partial charge on any atom is 0.220 e. The van der Waals surface area contributed by atoms with Gasteiger partial charge in [-0.15, -0.1) is 0 Å². The number of carbonyl (C=O) groups is 1. The van der Waals surface area contributed by atoms with E-state index in [1.807, 2.05) is 26.0 Å². The number of nitrogens with one attached hydrogen (secondary N) is 1. The molecule has 0 fully saturated rings. The van der Waals surface area contributed by atoms with Crippen LogP contribution in [-0.4, -0.2) is 13.0 Å². The zero-order chi connectivity index (χ0) is 20.1. The Morgan fingerprint density at radius 1 is 1.11 bits per heavy atom. The van der Waals surface area contributed by atoms with Gasteiger partial charge in [0.05, 0.1) is 13.2 Å². The molecule has 1 N–H and O–H groups in total.